The summed E-state index contributed by atoms with van der Waals surface area (Å²) in [6, 6.07) is 0. The maximum Gasteiger partial charge on any atom is 0.394 e. The second-order valence-electron chi connectivity index (χ2n) is 1.42. The third-order valence-corrected chi connectivity index (χ3v) is 0.167. The van der Waals surface area contributed by atoms with Crippen LogP contribution in [0.25, 0.3) is 0 Å². The van der Waals surface area contributed by atoms with Gasteiger partial charge in [0.05, 0.1) is 0 Å². The fraction of sp³-hybridized carbons (Fsp3) is 0.333. The summed E-state index contributed by atoms with van der Waals surface area (Å²) < 4.78 is 63.2. The molecular weight excluding hydrogens is 258 g/mol. The van der Waals surface area contributed by atoms with Crippen molar-refractivity contribution in [3.63, 3.8) is 0 Å². The summed E-state index contributed by atoms with van der Waals surface area (Å²) >= 11 is 0. The highest BCUT2D eigenvalue weighted by Gasteiger charge is 1.85. The molecule has 0 aliphatic heterocycles. The first-order chi connectivity index (χ1) is 5.91. The molecule has 15 heavy (non-hydrogen) atoms. The van der Waals surface area contributed by atoms with Gasteiger partial charge in [0.25, 0.3) is 0 Å². The van der Waals surface area contributed by atoms with Gasteiger partial charge in [0.2, 0.25) is 0 Å². The third kappa shape index (κ3) is 10900. The van der Waals surface area contributed by atoms with Crippen LogP contribution in [0.1, 0.15) is 0 Å². The standard InChI is InChI=1S/C3H7N.2H2O4S.H2O/c1-2-3-4;2*1-5(2,3)4;/h2H,1,3-4H2;2*(H2,1,2,3,4);1H2. The van der Waals surface area contributed by atoms with Gasteiger partial charge in [-0.15, -0.1) is 6.58 Å². The molecule has 0 heterocycles. The van der Waals surface area contributed by atoms with E-state index in [1.54, 1.807) is 6.08 Å². The third-order valence-electron chi connectivity index (χ3n) is 0.167. The van der Waals surface area contributed by atoms with Crippen LogP contribution >= 0.6 is 0 Å². The Morgan fingerprint density at radius 2 is 1.07 bits per heavy atom. The van der Waals surface area contributed by atoms with E-state index in [9.17, 15) is 0 Å². The minimum atomic E-state index is -4.67. The predicted molar refractivity (Wildman–Crippen MR) is 51.2 cm³/mol. The van der Waals surface area contributed by atoms with E-state index in [-0.39, 0.29) is 5.48 Å². The Hall–Kier alpha value is -0.600. The normalized spacial score (nSPS) is 9.40. The highest BCUT2D eigenvalue weighted by Crippen LogP contribution is 1.59. The highest BCUT2D eigenvalue weighted by atomic mass is 32.3. The van der Waals surface area contributed by atoms with Gasteiger partial charge >= 0.3 is 20.8 Å². The minimum Gasteiger partial charge on any atom is -0.412 e. The second kappa shape index (κ2) is 11.5. The zero-order valence-electron chi connectivity index (χ0n) is 7.31. The van der Waals surface area contributed by atoms with Crippen LogP contribution in [-0.2, 0) is 20.8 Å². The molecule has 0 aromatic rings. The van der Waals surface area contributed by atoms with Crippen molar-refractivity contribution in [2.45, 2.75) is 0 Å². The van der Waals surface area contributed by atoms with E-state index in [2.05, 4.69) is 6.58 Å². The van der Waals surface area contributed by atoms with Gasteiger partial charge in [0.1, 0.15) is 0 Å². The van der Waals surface area contributed by atoms with Crippen molar-refractivity contribution in [1.29, 1.82) is 0 Å². The number of hydrogen-bond donors (Lipinski definition) is 5. The fourth-order valence-electron chi connectivity index (χ4n) is 0. The lowest BCUT2D eigenvalue weighted by Gasteiger charge is -1.68. The number of rotatable bonds is 1. The molecule has 0 aromatic carbocycles. The SMILES string of the molecule is C=CCN.O.O=S(=O)(O)O.O=S(=O)(O)O. The van der Waals surface area contributed by atoms with Gasteiger partial charge in [-0.25, -0.2) is 0 Å². The molecule has 8 N–H and O–H groups in total. The molecule has 0 bridgehead atoms. The number of nitrogens with two attached hydrogens (primary N) is 1. The summed E-state index contributed by atoms with van der Waals surface area (Å²) in [4.78, 5) is 0. The molecule has 0 amide bonds. The van der Waals surface area contributed by atoms with Gasteiger partial charge in [-0.3, -0.25) is 18.2 Å². The van der Waals surface area contributed by atoms with Gasteiger partial charge in [0, 0.05) is 6.54 Å². The van der Waals surface area contributed by atoms with Crippen molar-refractivity contribution in [3.8, 4) is 0 Å². The molecule has 12 heteroatoms. The van der Waals surface area contributed by atoms with Gasteiger partial charge in [-0.2, -0.15) is 16.8 Å². The molecule has 0 rings (SSSR count). The van der Waals surface area contributed by atoms with Crippen LogP contribution in [0, 0.1) is 0 Å². The van der Waals surface area contributed by atoms with Crippen molar-refractivity contribution in [1.82, 2.24) is 0 Å². The van der Waals surface area contributed by atoms with Crippen molar-refractivity contribution in [2.24, 2.45) is 5.73 Å². The van der Waals surface area contributed by atoms with Crippen LogP contribution in [0.2, 0.25) is 0 Å². The molecule has 0 saturated heterocycles. The topological polar surface area (TPSA) is 207 Å². The summed E-state index contributed by atoms with van der Waals surface area (Å²) in [5.74, 6) is 0. The zero-order valence-corrected chi connectivity index (χ0v) is 8.94. The first-order valence-electron chi connectivity index (χ1n) is 2.62. The molecule has 0 saturated carbocycles. The van der Waals surface area contributed by atoms with Gasteiger partial charge < -0.3 is 11.2 Å². The Balaban J connectivity index is -0.0000000590. The predicted octanol–water partition coefficient (Wildman–Crippen LogP) is -2.00. The monoisotopic (exact) mass is 271 g/mol. The van der Waals surface area contributed by atoms with E-state index < -0.39 is 20.8 Å². The van der Waals surface area contributed by atoms with E-state index in [1.807, 2.05) is 0 Å². The summed E-state index contributed by atoms with van der Waals surface area (Å²) in [5, 5.41) is 0. The lowest BCUT2D eigenvalue weighted by atomic mass is 10.7. The first-order valence-corrected chi connectivity index (χ1v) is 5.42. The minimum absolute atomic E-state index is 0. The van der Waals surface area contributed by atoms with Crippen LogP contribution in [0.5, 0.6) is 0 Å². The van der Waals surface area contributed by atoms with Crippen molar-refractivity contribution in [2.75, 3.05) is 6.54 Å². The molecule has 0 unspecified atom stereocenters. The van der Waals surface area contributed by atoms with Crippen molar-refractivity contribution in [3.05, 3.63) is 12.7 Å². The molecule has 0 aliphatic carbocycles. The highest BCUT2D eigenvalue weighted by molar-refractivity contribution is 7.80. The second-order valence-corrected chi connectivity index (χ2v) is 3.21. The van der Waals surface area contributed by atoms with Crippen LogP contribution in [0.3, 0.4) is 0 Å². The Morgan fingerprint density at radius 1 is 1.00 bits per heavy atom. The molecule has 0 aliphatic rings. The molecule has 0 spiro atoms. The van der Waals surface area contributed by atoms with E-state index in [4.69, 9.17) is 40.8 Å². The van der Waals surface area contributed by atoms with Crippen LogP contribution in [0.4, 0.5) is 0 Å². The van der Waals surface area contributed by atoms with Crippen molar-refractivity contribution < 1.29 is 40.5 Å². The average molecular weight is 271 g/mol. The van der Waals surface area contributed by atoms with Crippen LogP contribution in [0.15, 0.2) is 12.7 Å². The summed E-state index contributed by atoms with van der Waals surface area (Å²) in [5.41, 5.74) is 4.91. The zero-order chi connectivity index (χ0) is 12.4. The van der Waals surface area contributed by atoms with Gasteiger partial charge in [0.15, 0.2) is 0 Å². The number of hydrogen-bond acceptors (Lipinski definition) is 5. The van der Waals surface area contributed by atoms with E-state index >= 15 is 0 Å². The Labute approximate surface area is 86.9 Å². The molecule has 0 radical (unpaired) electrons. The molecule has 0 atom stereocenters. The first kappa shape index (κ1) is 23.9. The molecule has 10 nitrogen and oxygen atoms in total. The molecule has 0 fully saturated rings. The van der Waals surface area contributed by atoms with Gasteiger partial charge in [-0.05, 0) is 0 Å². The average Bonchev–Trinajstić information content (AvgIpc) is 1.79. The largest absolute Gasteiger partial charge is 0.412 e. The van der Waals surface area contributed by atoms with E-state index in [0.717, 1.165) is 0 Å². The maximum atomic E-state index is 8.74. The Morgan fingerprint density at radius 3 is 1.07 bits per heavy atom. The Kier molecular flexibility index (Phi) is 18.3. The lowest BCUT2D eigenvalue weighted by Crippen LogP contribution is -1.90. The van der Waals surface area contributed by atoms with E-state index in [1.165, 1.54) is 0 Å². The van der Waals surface area contributed by atoms with Crippen LogP contribution < -0.4 is 5.73 Å². The quantitative estimate of drug-likeness (QED) is 0.263. The smallest absolute Gasteiger partial charge is 0.394 e. The summed E-state index contributed by atoms with van der Waals surface area (Å²) in [6.45, 7) is 3.94. The van der Waals surface area contributed by atoms with Gasteiger partial charge in [-0.1, -0.05) is 6.08 Å². The lowest BCUT2D eigenvalue weighted by molar-refractivity contribution is 0.378. The Bertz CT molecular complexity index is 269. The summed E-state index contributed by atoms with van der Waals surface area (Å²) in [7, 11) is -9.33. The summed E-state index contributed by atoms with van der Waals surface area (Å²) in [6.07, 6.45) is 1.65. The maximum absolute atomic E-state index is 8.74. The van der Waals surface area contributed by atoms with E-state index in [0.29, 0.717) is 6.54 Å². The molecule has 0 aromatic heterocycles. The molecular formula is C3H13NO9S2. The molecule has 96 valence electrons. The van der Waals surface area contributed by atoms with Crippen LogP contribution in [-0.4, -0.2) is 47.1 Å². The van der Waals surface area contributed by atoms with Crippen molar-refractivity contribution >= 4 is 20.8 Å². The fourth-order valence-corrected chi connectivity index (χ4v) is 0.